The van der Waals surface area contributed by atoms with Crippen molar-refractivity contribution < 1.29 is 4.79 Å². The number of hydrogen-bond donors (Lipinski definition) is 0. The Labute approximate surface area is 87.5 Å². The third-order valence-corrected chi connectivity index (χ3v) is 2.72. The number of rotatable bonds is 4. The average molecular weight is 215 g/mol. The maximum atomic E-state index is 10.4. The normalized spacial score (nSPS) is 9.92. The van der Waals surface area contributed by atoms with Crippen LogP contribution in [-0.2, 0) is 6.42 Å². The molecule has 0 fully saturated rings. The number of carbonyl (C=O) groups excluding carboxylic acids is 1. The summed E-state index contributed by atoms with van der Waals surface area (Å²) >= 11 is 6.36. The van der Waals surface area contributed by atoms with E-state index in [1.54, 1.807) is 0 Å². The summed E-state index contributed by atoms with van der Waals surface area (Å²) in [5, 5.41) is 0. The van der Waals surface area contributed by atoms with Gasteiger partial charge in [-0.1, -0.05) is 42.1 Å². The highest BCUT2D eigenvalue weighted by molar-refractivity contribution is 8.16. The summed E-state index contributed by atoms with van der Waals surface area (Å²) in [5.41, 5.74) is 1.31. The molecule has 1 nitrogen and oxygen atoms in total. The molecule has 0 aliphatic heterocycles. The molecule has 0 unspecified atom stereocenters. The quantitative estimate of drug-likeness (QED) is 0.562. The molecule has 0 atom stereocenters. The summed E-state index contributed by atoms with van der Waals surface area (Å²) in [5.74, 6) is 0.803. The van der Waals surface area contributed by atoms with Crippen LogP contribution in [0.2, 0.25) is 0 Å². The first-order valence-electron chi connectivity index (χ1n) is 4.15. The molecule has 0 saturated carbocycles. The molecular weight excluding hydrogens is 204 g/mol. The van der Waals surface area contributed by atoms with Crippen LogP contribution in [0, 0.1) is 0 Å². The topological polar surface area (TPSA) is 17.1 Å². The van der Waals surface area contributed by atoms with Crippen molar-refractivity contribution >= 4 is 27.9 Å². The first-order chi connectivity index (χ1) is 6.29. The molecule has 1 rings (SSSR count). The molecular formula is C10H11ClOS. The minimum atomic E-state index is -0.312. The molecule has 1 aromatic rings. The average Bonchev–Trinajstić information content (AvgIpc) is 2.14. The van der Waals surface area contributed by atoms with E-state index in [1.807, 2.05) is 18.2 Å². The highest BCUT2D eigenvalue weighted by Gasteiger charge is 1.96. The lowest BCUT2D eigenvalue weighted by Crippen LogP contribution is -1.88. The van der Waals surface area contributed by atoms with Crippen molar-refractivity contribution in [3.63, 3.8) is 0 Å². The van der Waals surface area contributed by atoms with Crippen molar-refractivity contribution in [2.45, 2.75) is 12.8 Å². The van der Waals surface area contributed by atoms with Gasteiger partial charge in [-0.15, -0.1) is 0 Å². The zero-order chi connectivity index (χ0) is 9.52. The van der Waals surface area contributed by atoms with E-state index in [1.165, 1.54) is 17.3 Å². The highest BCUT2D eigenvalue weighted by atomic mass is 35.5. The largest absolute Gasteiger partial charge is 0.279 e. The predicted octanol–water partition coefficient (Wildman–Crippen LogP) is 3.71. The summed E-state index contributed by atoms with van der Waals surface area (Å²) < 4.78 is -0.312. The van der Waals surface area contributed by atoms with E-state index in [-0.39, 0.29) is 4.57 Å². The van der Waals surface area contributed by atoms with Crippen molar-refractivity contribution in [3.05, 3.63) is 35.9 Å². The zero-order valence-corrected chi connectivity index (χ0v) is 8.77. The summed E-state index contributed by atoms with van der Waals surface area (Å²) in [6, 6.07) is 10.2. The maximum Gasteiger partial charge on any atom is 0.279 e. The second-order valence-electron chi connectivity index (χ2n) is 2.68. The standard InChI is InChI=1S/C10H11ClOS/c11-10(12)13-8-4-7-9-5-2-1-3-6-9/h1-3,5-6H,4,7-8H2. The van der Waals surface area contributed by atoms with E-state index in [2.05, 4.69) is 12.1 Å². The lowest BCUT2D eigenvalue weighted by molar-refractivity contribution is 0.276. The van der Waals surface area contributed by atoms with Crippen LogP contribution in [0.25, 0.3) is 0 Å². The van der Waals surface area contributed by atoms with Gasteiger partial charge >= 0.3 is 0 Å². The molecule has 0 aliphatic rings. The molecule has 13 heavy (non-hydrogen) atoms. The maximum absolute atomic E-state index is 10.4. The molecule has 0 aromatic heterocycles. The third kappa shape index (κ3) is 4.96. The van der Waals surface area contributed by atoms with Crippen LogP contribution in [0.3, 0.4) is 0 Å². The number of halogens is 1. The van der Waals surface area contributed by atoms with E-state index in [0.29, 0.717) is 0 Å². The van der Waals surface area contributed by atoms with Crippen molar-refractivity contribution in [2.24, 2.45) is 0 Å². The predicted molar refractivity (Wildman–Crippen MR) is 58.5 cm³/mol. The Morgan fingerprint density at radius 3 is 2.62 bits per heavy atom. The van der Waals surface area contributed by atoms with Gasteiger partial charge in [0.25, 0.3) is 4.57 Å². The van der Waals surface area contributed by atoms with Crippen molar-refractivity contribution in [2.75, 3.05) is 5.75 Å². The van der Waals surface area contributed by atoms with Gasteiger partial charge in [-0.2, -0.15) is 0 Å². The van der Waals surface area contributed by atoms with Crippen LogP contribution in [0.15, 0.2) is 30.3 Å². The summed E-state index contributed by atoms with van der Waals surface area (Å²) in [4.78, 5) is 10.4. The van der Waals surface area contributed by atoms with Gasteiger partial charge in [0.15, 0.2) is 0 Å². The molecule has 70 valence electrons. The molecule has 0 bridgehead atoms. The van der Waals surface area contributed by atoms with E-state index >= 15 is 0 Å². The Balaban J connectivity index is 2.17. The van der Waals surface area contributed by atoms with Crippen LogP contribution < -0.4 is 0 Å². The lowest BCUT2D eigenvalue weighted by Gasteiger charge is -1.98. The molecule has 0 heterocycles. The van der Waals surface area contributed by atoms with Gasteiger partial charge < -0.3 is 0 Å². The molecule has 0 aliphatic carbocycles. The van der Waals surface area contributed by atoms with Crippen LogP contribution >= 0.6 is 23.4 Å². The molecule has 0 N–H and O–H groups in total. The second kappa shape index (κ2) is 6.06. The zero-order valence-electron chi connectivity index (χ0n) is 7.20. The molecule has 0 radical (unpaired) electrons. The second-order valence-corrected chi connectivity index (χ2v) is 4.31. The number of thioether (sulfide) groups is 1. The number of carbonyl (C=O) groups is 1. The Morgan fingerprint density at radius 2 is 2.00 bits per heavy atom. The van der Waals surface area contributed by atoms with E-state index in [4.69, 9.17) is 11.6 Å². The number of benzene rings is 1. The fourth-order valence-electron chi connectivity index (χ4n) is 1.07. The van der Waals surface area contributed by atoms with E-state index in [9.17, 15) is 4.79 Å². The van der Waals surface area contributed by atoms with Gasteiger partial charge in [0.2, 0.25) is 0 Å². The molecule has 0 amide bonds. The van der Waals surface area contributed by atoms with Crippen molar-refractivity contribution in [1.29, 1.82) is 0 Å². The Bertz CT molecular complexity index is 261. The Hall–Kier alpha value is -0.470. The summed E-state index contributed by atoms with van der Waals surface area (Å²) in [7, 11) is 0. The van der Waals surface area contributed by atoms with Crippen molar-refractivity contribution in [1.82, 2.24) is 0 Å². The summed E-state index contributed by atoms with van der Waals surface area (Å²) in [6.45, 7) is 0. The van der Waals surface area contributed by atoms with E-state index in [0.717, 1.165) is 18.6 Å². The first kappa shape index (κ1) is 10.6. The first-order valence-corrected chi connectivity index (χ1v) is 5.51. The number of aryl methyl sites for hydroxylation is 1. The fraction of sp³-hybridized carbons (Fsp3) is 0.300. The smallest absolute Gasteiger partial charge is 0.268 e. The van der Waals surface area contributed by atoms with E-state index < -0.39 is 0 Å². The molecule has 3 heteroatoms. The third-order valence-electron chi connectivity index (χ3n) is 1.67. The lowest BCUT2D eigenvalue weighted by atomic mass is 10.1. The van der Waals surface area contributed by atoms with Gasteiger partial charge in [0.05, 0.1) is 0 Å². The number of hydrogen-bond acceptors (Lipinski definition) is 2. The van der Waals surface area contributed by atoms with Gasteiger partial charge in [0, 0.05) is 5.75 Å². The highest BCUT2D eigenvalue weighted by Crippen LogP contribution is 2.11. The van der Waals surface area contributed by atoms with Crippen molar-refractivity contribution in [3.8, 4) is 0 Å². The van der Waals surface area contributed by atoms with Crippen LogP contribution in [0.1, 0.15) is 12.0 Å². The van der Waals surface area contributed by atoms with Gasteiger partial charge in [-0.25, -0.2) is 0 Å². The fourth-order valence-corrected chi connectivity index (χ4v) is 1.75. The minimum Gasteiger partial charge on any atom is -0.268 e. The monoisotopic (exact) mass is 214 g/mol. The van der Waals surface area contributed by atoms with Gasteiger partial charge in [0.1, 0.15) is 0 Å². The molecule has 0 spiro atoms. The minimum absolute atomic E-state index is 0.312. The SMILES string of the molecule is O=C(Cl)SCCCc1ccccc1. The van der Waals surface area contributed by atoms with Crippen LogP contribution in [0.5, 0.6) is 0 Å². The van der Waals surface area contributed by atoms with Crippen LogP contribution in [0.4, 0.5) is 4.79 Å². The Kier molecular flexibility index (Phi) is 4.94. The van der Waals surface area contributed by atoms with Gasteiger partial charge in [-0.05, 0) is 30.0 Å². The van der Waals surface area contributed by atoms with Gasteiger partial charge in [-0.3, -0.25) is 4.79 Å². The molecule has 0 saturated heterocycles. The Morgan fingerprint density at radius 1 is 1.31 bits per heavy atom. The van der Waals surface area contributed by atoms with Crippen LogP contribution in [-0.4, -0.2) is 10.3 Å². The molecule has 1 aromatic carbocycles. The summed E-state index contributed by atoms with van der Waals surface area (Å²) in [6.07, 6.45) is 2.01.